The Morgan fingerprint density at radius 2 is 1.77 bits per heavy atom. The molecule has 10 heteroatoms. The summed E-state index contributed by atoms with van der Waals surface area (Å²) < 4.78 is 41.4. The third-order valence-electron chi connectivity index (χ3n) is 4.82. The average molecular weight is 451 g/mol. The average Bonchev–Trinajstić information content (AvgIpc) is 3.14. The van der Waals surface area contributed by atoms with Crippen LogP contribution in [-0.4, -0.2) is 65.2 Å². The van der Waals surface area contributed by atoms with Gasteiger partial charge in [-0.05, 0) is 42.8 Å². The highest BCUT2D eigenvalue weighted by atomic mass is 32.2. The number of ether oxygens (including phenoxy) is 3. The van der Waals surface area contributed by atoms with E-state index in [0.29, 0.717) is 41.5 Å². The van der Waals surface area contributed by atoms with E-state index in [1.54, 1.807) is 42.5 Å². The molecule has 0 spiro atoms. The maximum absolute atomic E-state index is 12.3. The van der Waals surface area contributed by atoms with Crippen LogP contribution in [0.15, 0.2) is 42.5 Å². The van der Waals surface area contributed by atoms with Gasteiger partial charge in [-0.15, -0.1) is 0 Å². The number of para-hydroxylation sites is 1. The predicted octanol–water partition coefficient (Wildman–Crippen LogP) is 1.41. The number of carbonyl (C=O) groups is 1. The molecule has 2 aromatic carbocycles. The number of anilines is 1. The first-order valence-electron chi connectivity index (χ1n) is 9.76. The standard InChI is InChI=1S/C21H26N2O7S/c1-28-18-5-3-6-19(29-2)20(18)30-14-17(24)13-22-21(25)15-7-9-16(10-8-15)23-11-4-12-31(23,26)27/h3,5-10,17,24H,4,11-14H2,1-2H3,(H,22,25). The molecule has 1 saturated heterocycles. The molecule has 1 heterocycles. The second-order valence-electron chi connectivity index (χ2n) is 6.96. The lowest BCUT2D eigenvalue weighted by Gasteiger charge is -2.18. The van der Waals surface area contributed by atoms with E-state index < -0.39 is 16.1 Å². The summed E-state index contributed by atoms with van der Waals surface area (Å²) in [4.78, 5) is 12.3. The van der Waals surface area contributed by atoms with Crippen LogP contribution in [-0.2, 0) is 10.0 Å². The Morgan fingerprint density at radius 3 is 2.32 bits per heavy atom. The van der Waals surface area contributed by atoms with Gasteiger partial charge in [0.2, 0.25) is 15.8 Å². The van der Waals surface area contributed by atoms with Crippen LogP contribution in [0.4, 0.5) is 5.69 Å². The van der Waals surface area contributed by atoms with Gasteiger partial charge in [0.1, 0.15) is 12.7 Å². The number of benzene rings is 2. The SMILES string of the molecule is COc1cccc(OC)c1OCC(O)CNC(=O)c1ccc(N2CCCS2(=O)=O)cc1. The summed E-state index contributed by atoms with van der Waals surface area (Å²) >= 11 is 0. The highest BCUT2D eigenvalue weighted by Gasteiger charge is 2.28. The molecule has 3 rings (SSSR count). The maximum atomic E-state index is 12.3. The molecule has 2 aromatic rings. The zero-order valence-electron chi connectivity index (χ0n) is 17.4. The fourth-order valence-corrected chi connectivity index (χ4v) is 4.78. The lowest BCUT2D eigenvalue weighted by Crippen LogP contribution is -2.35. The Morgan fingerprint density at radius 1 is 1.13 bits per heavy atom. The minimum absolute atomic E-state index is 0.0292. The van der Waals surface area contributed by atoms with Gasteiger partial charge in [-0.2, -0.15) is 0 Å². The topological polar surface area (TPSA) is 114 Å². The van der Waals surface area contributed by atoms with E-state index in [0.717, 1.165) is 0 Å². The molecule has 31 heavy (non-hydrogen) atoms. The number of amides is 1. The largest absolute Gasteiger partial charge is 0.493 e. The van der Waals surface area contributed by atoms with Crippen molar-refractivity contribution in [2.45, 2.75) is 12.5 Å². The third-order valence-corrected chi connectivity index (χ3v) is 6.69. The normalized spacial score (nSPS) is 15.9. The quantitative estimate of drug-likeness (QED) is 0.594. The van der Waals surface area contributed by atoms with Crippen molar-refractivity contribution in [3.8, 4) is 17.2 Å². The van der Waals surface area contributed by atoms with Crippen molar-refractivity contribution in [2.75, 3.05) is 44.0 Å². The van der Waals surface area contributed by atoms with Gasteiger partial charge in [-0.25, -0.2) is 8.42 Å². The molecule has 0 aromatic heterocycles. The number of hydrogen-bond acceptors (Lipinski definition) is 7. The van der Waals surface area contributed by atoms with Crippen LogP contribution < -0.4 is 23.8 Å². The van der Waals surface area contributed by atoms with Crippen LogP contribution in [0.2, 0.25) is 0 Å². The number of carbonyl (C=O) groups excluding carboxylic acids is 1. The maximum Gasteiger partial charge on any atom is 0.251 e. The van der Waals surface area contributed by atoms with Crippen molar-refractivity contribution >= 4 is 21.6 Å². The zero-order chi connectivity index (χ0) is 22.4. The molecular formula is C21H26N2O7S. The van der Waals surface area contributed by atoms with Gasteiger partial charge in [-0.1, -0.05) is 6.07 Å². The third kappa shape index (κ3) is 5.39. The van der Waals surface area contributed by atoms with Crippen molar-refractivity contribution in [2.24, 2.45) is 0 Å². The molecule has 0 aliphatic carbocycles. The second kappa shape index (κ2) is 9.88. The van der Waals surface area contributed by atoms with Gasteiger partial charge in [0.25, 0.3) is 5.91 Å². The van der Waals surface area contributed by atoms with Crippen LogP contribution in [0.3, 0.4) is 0 Å². The lowest BCUT2D eigenvalue weighted by molar-refractivity contribution is 0.0833. The van der Waals surface area contributed by atoms with Crippen LogP contribution in [0, 0.1) is 0 Å². The summed E-state index contributed by atoms with van der Waals surface area (Å²) in [6.07, 6.45) is -0.377. The summed E-state index contributed by atoms with van der Waals surface area (Å²) in [5.74, 6) is 1.05. The number of hydrogen-bond donors (Lipinski definition) is 2. The summed E-state index contributed by atoms with van der Waals surface area (Å²) in [5, 5.41) is 12.8. The van der Waals surface area contributed by atoms with E-state index in [-0.39, 0.29) is 24.8 Å². The van der Waals surface area contributed by atoms with E-state index in [9.17, 15) is 18.3 Å². The fraction of sp³-hybridized carbons (Fsp3) is 0.381. The van der Waals surface area contributed by atoms with Crippen molar-refractivity contribution < 1.29 is 32.5 Å². The van der Waals surface area contributed by atoms with Crippen LogP contribution in [0.1, 0.15) is 16.8 Å². The Labute approximate surface area is 181 Å². The molecule has 1 aliphatic heterocycles. The Bertz CT molecular complexity index is 987. The molecule has 1 unspecified atom stereocenters. The monoisotopic (exact) mass is 450 g/mol. The molecule has 9 nitrogen and oxygen atoms in total. The molecule has 0 bridgehead atoms. The number of sulfonamides is 1. The number of aliphatic hydroxyl groups excluding tert-OH is 1. The van der Waals surface area contributed by atoms with E-state index in [1.165, 1.54) is 18.5 Å². The van der Waals surface area contributed by atoms with Crippen molar-refractivity contribution in [3.05, 3.63) is 48.0 Å². The molecule has 1 amide bonds. The molecule has 0 saturated carbocycles. The number of rotatable bonds is 9. The summed E-state index contributed by atoms with van der Waals surface area (Å²) in [5.41, 5.74) is 0.896. The fourth-order valence-electron chi connectivity index (χ4n) is 3.22. The van der Waals surface area contributed by atoms with Gasteiger partial charge < -0.3 is 24.6 Å². The van der Waals surface area contributed by atoms with Crippen molar-refractivity contribution in [1.29, 1.82) is 0 Å². The molecule has 2 N–H and O–H groups in total. The van der Waals surface area contributed by atoms with Crippen LogP contribution in [0.25, 0.3) is 0 Å². The predicted molar refractivity (Wildman–Crippen MR) is 116 cm³/mol. The van der Waals surface area contributed by atoms with Crippen molar-refractivity contribution in [3.63, 3.8) is 0 Å². The van der Waals surface area contributed by atoms with E-state index in [1.807, 2.05) is 0 Å². The molecule has 1 fully saturated rings. The van der Waals surface area contributed by atoms with Crippen molar-refractivity contribution in [1.82, 2.24) is 5.32 Å². The van der Waals surface area contributed by atoms with Crippen LogP contribution in [0.5, 0.6) is 17.2 Å². The minimum atomic E-state index is -3.27. The lowest BCUT2D eigenvalue weighted by atomic mass is 10.2. The Kier molecular flexibility index (Phi) is 7.24. The molecule has 1 atom stereocenters. The minimum Gasteiger partial charge on any atom is -0.493 e. The first kappa shape index (κ1) is 22.7. The van der Waals surface area contributed by atoms with Gasteiger partial charge in [-0.3, -0.25) is 9.10 Å². The number of nitrogens with zero attached hydrogens (tertiary/aromatic N) is 1. The number of nitrogens with one attached hydrogen (secondary N) is 1. The van der Waals surface area contributed by atoms with Gasteiger partial charge in [0.05, 0.1) is 25.7 Å². The first-order chi connectivity index (χ1) is 14.9. The van der Waals surface area contributed by atoms with Gasteiger partial charge in [0, 0.05) is 18.7 Å². The summed E-state index contributed by atoms with van der Waals surface area (Å²) in [7, 11) is -0.261. The number of methoxy groups -OCH3 is 2. The summed E-state index contributed by atoms with van der Waals surface area (Å²) in [6.45, 7) is 0.332. The Balaban J connectivity index is 1.53. The molecule has 168 valence electrons. The van der Waals surface area contributed by atoms with E-state index in [4.69, 9.17) is 14.2 Å². The van der Waals surface area contributed by atoms with E-state index >= 15 is 0 Å². The first-order valence-corrected chi connectivity index (χ1v) is 11.4. The highest BCUT2D eigenvalue weighted by Crippen LogP contribution is 2.36. The zero-order valence-corrected chi connectivity index (χ0v) is 18.2. The Hall–Kier alpha value is -2.98. The van der Waals surface area contributed by atoms with E-state index in [2.05, 4.69) is 5.32 Å². The molecular weight excluding hydrogens is 424 g/mol. The van der Waals surface area contributed by atoms with Crippen LogP contribution >= 0.6 is 0 Å². The molecule has 0 radical (unpaired) electrons. The smallest absolute Gasteiger partial charge is 0.251 e. The van der Waals surface area contributed by atoms with Gasteiger partial charge in [0.15, 0.2) is 11.5 Å². The van der Waals surface area contributed by atoms with Gasteiger partial charge >= 0.3 is 0 Å². The molecule has 1 aliphatic rings. The summed E-state index contributed by atoms with van der Waals surface area (Å²) in [6, 6.07) is 11.5. The number of aliphatic hydroxyl groups is 1. The second-order valence-corrected chi connectivity index (χ2v) is 8.97. The highest BCUT2D eigenvalue weighted by molar-refractivity contribution is 7.93.